The Morgan fingerprint density at radius 2 is 0.286 bits per heavy atom. The minimum atomic E-state index is 0. The number of rotatable bonds is 0. The average molecular weight is 320 g/mol. The molecule has 0 saturated heterocycles. The molecular formula is H15BiO6. The van der Waals surface area contributed by atoms with E-state index in [0.29, 0.717) is 0 Å². The predicted octanol–water partition coefficient (Wildman–Crippen LogP) is -6.13. The van der Waals surface area contributed by atoms with Gasteiger partial charge < -0.3 is 32.9 Å². The van der Waals surface area contributed by atoms with Crippen LogP contribution in [0.1, 0.15) is 0 Å². The molecule has 0 fully saturated rings. The average Bonchev–Trinajstić information content (AvgIpc) is 0. The van der Waals surface area contributed by atoms with E-state index in [1.54, 1.807) is 0 Å². The fraction of sp³-hybridized carbons (Fsp3) is 0. The van der Waals surface area contributed by atoms with Crippen molar-refractivity contribution in [3.05, 3.63) is 0 Å². The van der Waals surface area contributed by atoms with Crippen molar-refractivity contribution in [2.45, 2.75) is 0 Å². The molecule has 6 nitrogen and oxygen atoms in total. The summed E-state index contributed by atoms with van der Waals surface area (Å²) in [5, 5.41) is 0. The van der Waals surface area contributed by atoms with Gasteiger partial charge in [0.15, 0.2) is 0 Å². The second-order valence-electron chi connectivity index (χ2n) is 0. The second kappa shape index (κ2) is 511. The monoisotopic (exact) mass is 320 g/mol. The summed E-state index contributed by atoms with van der Waals surface area (Å²) in [6.45, 7) is 0. The molecule has 0 radical (unpaired) electrons. The van der Waals surface area contributed by atoms with Gasteiger partial charge in [0.05, 0.1) is 0 Å². The van der Waals surface area contributed by atoms with Crippen LogP contribution in [0.3, 0.4) is 0 Å². The van der Waals surface area contributed by atoms with Gasteiger partial charge in [0.1, 0.15) is 0 Å². The van der Waals surface area contributed by atoms with Gasteiger partial charge in [-0.15, -0.1) is 0 Å². The Balaban J connectivity index is 0. The van der Waals surface area contributed by atoms with Crippen LogP contribution < -0.4 is 0 Å². The van der Waals surface area contributed by atoms with Crippen LogP contribution in [0.2, 0.25) is 0 Å². The van der Waals surface area contributed by atoms with Crippen LogP contribution in [0.25, 0.3) is 0 Å². The molecule has 7 heavy (non-hydrogen) atoms. The van der Waals surface area contributed by atoms with E-state index in [4.69, 9.17) is 0 Å². The van der Waals surface area contributed by atoms with Gasteiger partial charge in [-0.3, -0.25) is 0 Å². The minimum absolute atomic E-state index is 0. The van der Waals surface area contributed by atoms with Gasteiger partial charge in [-0.25, -0.2) is 0 Å². The van der Waals surface area contributed by atoms with Gasteiger partial charge in [0, 0.05) is 0 Å². The molecule has 0 aliphatic carbocycles. The molecule has 12 N–H and O–H groups in total. The van der Waals surface area contributed by atoms with E-state index in [0.717, 1.165) is 0 Å². The van der Waals surface area contributed by atoms with Crippen LogP contribution in [0, 0.1) is 0 Å². The third kappa shape index (κ3) is 346. The third-order valence-electron chi connectivity index (χ3n) is 0. The number of hydrogen-bond acceptors (Lipinski definition) is 0. The van der Waals surface area contributed by atoms with E-state index >= 15 is 0 Å². The molecule has 0 aromatic carbocycles. The van der Waals surface area contributed by atoms with E-state index in [1.165, 1.54) is 0 Å². The Morgan fingerprint density at radius 1 is 0.286 bits per heavy atom. The molecule has 0 aliphatic heterocycles. The van der Waals surface area contributed by atoms with Crippen LogP contribution in [-0.4, -0.2) is 59.1 Å². The van der Waals surface area contributed by atoms with Crippen molar-refractivity contribution < 1.29 is 32.9 Å². The summed E-state index contributed by atoms with van der Waals surface area (Å²) in [5.41, 5.74) is 0. The summed E-state index contributed by atoms with van der Waals surface area (Å²) in [4.78, 5) is 0. The van der Waals surface area contributed by atoms with E-state index in [-0.39, 0.29) is 59.1 Å². The summed E-state index contributed by atoms with van der Waals surface area (Å²) >= 11 is 0. The zero-order valence-corrected chi connectivity index (χ0v) is 9.20. The number of hydrogen-bond donors (Lipinski definition) is 0. The van der Waals surface area contributed by atoms with Crippen molar-refractivity contribution in [3.63, 3.8) is 0 Å². The molecule has 0 rings (SSSR count). The van der Waals surface area contributed by atoms with Crippen molar-refractivity contribution in [1.29, 1.82) is 0 Å². The Bertz CT molecular complexity index is 4.14. The normalized spacial score (nSPS) is 0. The molecule has 0 aromatic heterocycles. The van der Waals surface area contributed by atoms with Gasteiger partial charge in [0.25, 0.3) is 0 Å². The van der Waals surface area contributed by atoms with Gasteiger partial charge in [-0.2, -0.15) is 0 Å². The molecule has 0 aliphatic rings. The van der Waals surface area contributed by atoms with Crippen molar-refractivity contribution in [2.75, 3.05) is 0 Å². The van der Waals surface area contributed by atoms with Crippen LogP contribution in [0.4, 0.5) is 0 Å². The molecule has 0 spiro atoms. The van der Waals surface area contributed by atoms with Gasteiger partial charge >= 0.3 is 26.2 Å². The molecule has 0 heterocycles. The van der Waals surface area contributed by atoms with Gasteiger partial charge in [0.2, 0.25) is 0 Å². The van der Waals surface area contributed by atoms with Crippen LogP contribution in [0.5, 0.6) is 0 Å². The first-order valence-electron chi connectivity index (χ1n) is 0. The summed E-state index contributed by atoms with van der Waals surface area (Å²) in [7, 11) is 0. The molecule has 0 aromatic rings. The maximum absolute atomic E-state index is 0. The Kier molecular flexibility index (Phi) is 59600. The summed E-state index contributed by atoms with van der Waals surface area (Å²) in [6, 6.07) is 0. The van der Waals surface area contributed by atoms with E-state index in [2.05, 4.69) is 0 Å². The van der Waals surface area contributed by atoms with Crippen molar-refractivity contribution in [3.8, 4) is 0 Å². The van der Waals surface area contributed by atoms with E-state index < -0.39 is 0 Å². The van der Waals surface area contributed by atoms with Crippen LogP contribution >= 0.6 is 0 Å². The molecule has 0 unspecified atom stereocenters. The van der Waals surface area contributed by atoms with Crippen molar-refractivity contribution >= 4 is 26.2 Å². The zero-order valence-electron chi connectivity index (χ0n) is 3.71. The van der Waals surface area contributed by atoms with E-state index in [1.807, 2.05) is 0 Å². The molecule has 0 saturated carbocycles. The van der Waals surface area contributed by atoms with Crippen LogP contribution in [-0.2, 0) is 0 Å². The maximum atomic E-state index is 0. The van der Waals surface area contributed by atoms with Crippen LogP contribution in [0.15, 0.2) is 0 Å². The Hall–Kier alpha value is 0.643. The SMILES string of the molecule is O.O.O.O.O.O.[BiH3]. The molecule has 0 amide bonds. The fourth-order valence-electron chi connectivity index (χ4n) is 0. The zero-order chi connectivity index (χ0) is 0. The molecule has 0 atom stereocenters. The van der Waals surface area contributed by atoms with Crippen molar-refractivity contribution in [2.24, 2.45) is 0 Å². The molecule has 0 bridgehead atoms. The first kappa shape index (κ1) is 816. The first-order valence-corrected chi connectivity index (χ1v) is 0. The summed E-state index contributed by atoms with van der Waals surface area (Å²) in [6.07, 6.45) is 0. The van der Waals surface area contributed by atoms with E-state index in [9.17, 15) is 0 Å². The topological polar surface area (TPSA) is 189 Å². The summed E-state index contributed by atoms with van der Waals surface area (Å²) in [5.74, 6) is 0. The molecule has 56 valence electrons. The fourth-order valence-corrected chi connectivity index (χ4v) is 0. The van der Waals surface area contributed by atoms with Crippen molar-refractivity contribution in [1.82, 2.24) is 0 Å². The predicted molar refractivity (Wildman–Crippen MR) is 31.6 cm³/mol. The molecule has 7 heteroatoms. The first-order chi connectivity index (χ1) is 0. The standard InChI is InChI=1S/Bi.6H2O.3H/h;6*1H2;;;. The Labute approximate surface area is 59.5 Å². The quantitative estimate of drug-likeness (QED) is 0.384. The van der Waals surface area contributed by atoms with Gasteiger partial charge in [-0.1, -0.05) is 0 Å². The molecular weight excluding hydrogens is 305 g/mol. The summed E-state index contributed by atoms with van der Waals surface area (Å²) < 4.78 is 0. The second-order valence-corrected chi connectivity index (χ2v) is 0. The Morgan fingerprint density at radius 3 is 0.286 bits per heavy atom. The van der Waals surface area contributed by atoms with Gasteiger partial charge in [-0.05, 0) is 0 Å². The third-order valence-corrected chi connectivity index (χ3v) is 0.